The van der Waals surface area contributed by atoms with Crippen LogP contribution >= 0.6 is 28.4 Å². The van der Waals surface area contributed by atoms with Gasteiger partial charge >= 0.3 is 12.3 Å². The van der Waals surface area contributed by atoms with Crippen molar-refractivity contribution in [3.63, 3.8) is 0 Å². The van der Waals surface area contributed by atoms with E-state index in [0.717, 1.165) is 23.9 Å². The normalized spacial score (nSPS) is 17.5. The van der Waals surface area contributed by atoms with Gasteiger partial charge in [0.15, 0.2) is 0 Å². The Hall–Kier alpha value is -2.68. The van der Waals surface area contributed by atoms with Gasteiger partial charge in [0.2, 0.25) is 5.91 Å². The quantitative estimate of drug-likeness (QED) is 0.232. The molecule has 1 N–H and O–H groups in total. The van der Waals surface area contributed by atoms with Crippen LogP contribution in [0.5, 0.6) is 0 Å². The topological polar surface area (TPSA) is 110 Å². The number of anilines is 2. The first kappa shape index (κ1) is 31.7. The van der Waals surface area contributed by atoms with Gasteiger partial charge in [0.1, 0.15) is 23.7 Å². The van der Waals surface area contributed by atoms with Gasteiger partial charge in [-0.25, -0.2) is 14.2 Å². The van der Waals surface area contributed by atoms with Crippen LogP contribution in [0.3, 0.4) is 0 Å². The van der Waals surface area contributed by atoms with Crippen LogP contribution in [0.15, 0.2) is 18.5 Å². The van der Waals surface area contributed by atoms with Gasteiger partial charge in [0, 0.05) is 32.1 Å². The number of hydrogen-bond donors (Lipinski definition) is 1. The molecule has 2 unspecified atom stereocenters. The highest BCUT2D eigenvalue weighted by atomic mass is 127. The lowest BCUT2D eigenvalue weighted by atomic mass is 9.76. The predicted molar refractivity (Wildman–Crippen MR) is 168 cm³/mol. The number of nitrogens with one attached hydrogen (secondary N) is 1. The average Bonchev–Trinajstić information content (AvgIpc) is 3.49. The summed E-state index contributed by atoms with van der Waals surface area (Å²) in [6, 6.07) is 1.54. The minimum atomic E-state index is -4.48. The van der Waals surface area contributed by atoms with Gasteiger partial charge in [0.25, 0.3) is 0 Å². The number of aromatic nitrogens is 5. The van der Waals surface area contributed by atoms with Crippen LogP contribution in [0, 0.1) is 11.8 Å². The van der Waals surface area contributed by atoms with Crippen molar-refractivity contribution in [1.82, 2.24) is 29.2 Å². The maximum atomic E-state index is 13.5. The molecule has 3 aromatic heterocycles. The van der Waals surface area contributed by atoms with E-state index < -0.39 is 24.4 Å². The van der Waals surface area contributed by atoms with Crippen LogP contribution in [-0.2, 0) is 16.1 Å². The van der Waals surface area contributed by atoms with Crippen LogP contribution in [0.2, 0.25) is 0 Å². The number of amides is 2. The van der Waals surface area contributed by atoms with E-state index in [2.05, 4.69) is 37.6 Å². The number of fused-ring (bicyclic) bond motifs is 1. The molecular formula is C27H35F3IN8O3P. The summed E-state index contributed by atoms with van der Waals surface area (Å²) in [4.78, 5) is 34.2. The van der Waals surface area contributed by atoms with Crippen molar-refractivity contribution in [1.29, 1.82) is 0 Å². The first-order valence-electron chi connectivity index (χ1n) is 14.2. The predicted octanol–water partition coefficient (Wildman–Crippen LogP) is 6.08. The Balaban J connectivity index is 1.51. The van der Waals surface area contributed by atoms with Gasteiger partial charge in [-0.05, 0) is 67.6 Å². The average molecular weight is 735 g/mol. The zero-order valence-electron chi connectivity index (χ0n) is 24.4. The monoisotopic (exact) mass is 734 g/mol. The van der Waals surface area contributed by atoms with Crippen molar-refractivity contribution in [3.05, 3.63) is 18.5 Å². The highest BCUT2D eigenvalue weighted by molar-refractivity contribution is 14.2. The Morgan fingerprint density at radius 2 is 1.88 bits per heavy atom. The molecule has 0 radical (unpaired) electrons. The minimum Gasteiger partial charge on any atom is -0.444 e. The summed E-state index contributed by atoms with van der Waals surface area (Å²) in [5, 5.41) is 12.2. The summed E-state index contributed by atoms with van der Waals surface area (Å²) < 4.78 is 48.6. The Kier molecular flexibility index (Phi) is 9.13. The van der Waals surface area contributed by atoms with E-state index in [1.54, 1.807) is 42.4 Å². The number of pyridine rings is 1. The molecule has 2 aliphatic rings. The Morgan fingerprint density at radius 1 is 1.19 bits per heavy atom. The first-order valence-corrected chi connectivity index (χ1v) is 18.2. The highest BCUT2D eigenvalue weighted by Crippen LogP contribution is 2.38. The third kappa shape index (κ3) is 7.35. The molecule has 1 aliphatic carbocycles. The van der Waals surface area contributed by atoms with Gasteiger partial charge in [-0.3, -0.25) is 9.48 Å². The van der Waals surface area contributed by atoms with Crippen LogP contribution in [0.1, 0.15) is 47.0 Å². The molecule has 16 heteroatoms. The molecule has 234 valence electrons. The number of rotatable bonds is 7. The van der Waals surface area contributed by atoms with Gasteiger partial charge < -0.3 is 19.9 Å². The molecule has 5 rings (SSSR count). The minimum absolute atomic E-state index is 0.121. The van der Waals surface area contributed by atoms with Gasteiger partial charge in [0.05, 0.1) is 41.1 Å². The van der Waals surface area contributed by atoms with E-state index in [-0.39, 0.29) is 23.7 Å². The summed E-state index contributed by atoms with van der Waals surface area (Å²) >= 11 is 2.17. The molecule has 2 amide bonds. The molecule has 2 fully saturated rings. The summed E-state index contributed by atoms with van der Waals surface area (Å²) in [6.07, 6.45) is 1.59. The fourth-order valence-electron chi connectivity index (χ4n) is 5.24. The van der Waals surface area contributed by atoms with Crippen molar-refractivity contribution in [3.8, 4) is 11.4 Å². The lowest BCUT2D eigenvalue weighted by Crippen LogP contribution is -2.50. The molecule has 1 saturated heterocycles. The summed E-state index contributed by atoms with van der Waals surface area (Å²) in [6.45, 7) is 7.54. The van der Waals surface area contributed by atoms with Gasteiger partial charge in [-0.1, -0.05) is 13.3 Å². The molecule has 0 aromatic carbocycles. The molecule has 2 atom stereocenters. The number of halogens is 4. The second kappa shape index (κ2) is 12.4. The van der Waals surface area contributed by atoms with Gasteiger partial charge in [-0.2, -0.15) is 23.4 Å². The number of alkyl halides is 3. The number of nitrogens with zero attached hydrogens (tertiary/aromatic N) is 7. The van der Waals surface area contributed by atoms with Crippen LogP contribution in [0.4, 0.5) is 29.5 Å². The molecule has 0 bridgehead atoms. The molecule has 11 nitrogen and oxygen atoms in total. The Morgan fingerprint density at radius 3 is 2.47 bits per heavy atom. The summed E-state index contributed by atoms with van der Waals surface area (Å²) in [5.74, 6) is 0.481. The van der Waals surface area contributed by atoms with Crippen LogP contribution in [-0.4, -0.2) is 79.2 Å². The van der Waals surface area contributed by atoms with E-state index in [9.17, 15) is 22.8 Å². The fraction of sp³-hybridized carbons (Fsp3) is 0.593. The summed E-state index contributed by atoms with van der Waals surface area (Å²) in [7, 11) is 0. The number of carbonyl (C=O) groups is 2. The third-order valence-electron chi connectivity index (χ3n) is 7.75. The zero-order valence-corrected chi connectivity index (χ0v) is 27.6. The number of piperazine rings is 1. The largest absolute Gasteiger partial charge is 0.444 e. The first-order chi connectivity index (χ1) is 20.2. The lowest BCUT2D eigenvalue weighted by molar-refractivity contribution is -0.141. The lowest BCUT2D eigenvalue weighted by Gasteiger charge is -2.36. The second-order valence-corrected chi connectivity index (χ2v) is 14.1. The molecule has 1 aliphatic heterocycles. The van der Waals surface area contributed by atoms with Crippen LogP contribution in [0.25, 0.3) is 22.3 Å². The van der Waals surface area contributed by atoms with E-state index in [1.807, 2.05) is 11.8 Å². The van der Waals surface area contributed by atoms with Crippen molar-refractivity contribution >= 4 is 62.8 Å². The second-order valence-electron chi connectivity index (χ2n) is 12.0. The number of carbonyl (C=O) groups excluding carboxylic acids is 2. The maximum Gasteiger partial charge on any atom is 0.410 e. The molecule has 0 spiro atoms. The van der Waals surface area contributed by atoms with Crippen molar-refractivity contribution < 1.29 is 27.5 Å². The van der Waals surface area contributed by atoms with Crippen molar-refractivity contribution in [2.45, 2.75) is 65.3 Å². The smallest absolute Gasteiger partial charge is 0.410 e. The Labute approximate surface area is 262 Å². The van der Waals surface area contributed by atoms with Crippen molar-refractivity contribution in [2.24, 2.45) is 11.8 Å². The number of ether oxygens (including phenoxy) is 1. The maximum absolute atomic E-state index is 13.5. The third-order valence-corrected chi connectivity index (χ3v) is 9.64. The van der Waals surface area contributed by atoms with Gasteiger partial charge in [-0.15, -0.1) is 0 Å². The highest BCUT2D eigenvalue weighted by Gasteiger charge is 2.33. The molecule has 1 saturated carbocycles. The standard InChI is InChI=1S/C27H35F3IN8O3P/c1-16(17-6-5-7-17)24(40)34-20-14-39(43-31)35-22(20)19-12-21-18(13-32-38(21)15-27(28,29)30)23(33-19)36-8-10-37(11-9-36)25(41)42-26(2,3)4/h12-14,16-17,43H,5-11,15H2,1-4H3,(H,34,40). The molecule has 4 heterocycles. The summed E-state index contributed by atoms with van der Waals surface area (Å²) in [5.41, 5.74) is 0.761. The van der Waals surface area contributed by atoms with Crippen LogP contribution < -0.4 is 10.2 Å². The zero-order chi connectivity index (χ0) is 31.1. The molecule has 43 heavy (non-hydrogen) atoms. The van der Waals surface area contributed by atoms with E-state index in [0.29, 0.717) is 60.4 Å². The fourth-order valence-corrected chi connectivity index (χ4v) is 6.30. The molecular weight excluding hydrogens is 699 g/mol. The van der Waals surface area contributed by atoms with E-state index in [1.165, 1.54) is 6.20 Å². The number of hydrogen-bond acceptors (Lipinski definition) is 7. The SMILES string of the molecule is CC(C(=O)Nc1cn(PI)nc1-c1cc2c(cnn2CC(F)(F)F)c(N2CCN(C(=O)OC(C)(C)C)CC2)n1)C1CCC1. The van der Waals surface area contributed by atoms with E-state index in [4.69, 9.17) is 9.72 Å². The Bertz CT molecular complexity index is 1490. The van der Waals surface area contributed by atoms with Crippen molar-refractivity contribution in [2.75, 3.05) is 36.4 Å². The van der Waals surface area contributed by atoms with E-state index >= 15 is 0 Å². The molecule has 3 aromatic rings.